The first kappa shape index (κ1) is 9.71. The van der Waals surface area contributed by atoms with E-state index in [2.05, 4.69) is 10.1 Å². The molecule has 0 aliphatic carbocycles. The molecule has 2 rings (SSSR count). The van der Waals surface area contributed by atoms with Gasteiger partial charge in [-0.25, -0.2) is 0 Å². The first-order valence-electron chi connectivity index (χ1n) is 4.91. The van der Waals surface area contributed by atoms with Crippen LogP contribution in [0.4, 0.5) is 0 Å². The van der Waals surface area contributed by atoms with Gasteiger partial charge in [-0.2, -0.15) is 0 Å². The zero-order chi connectivity index (χ0) is 10.8. The summed E-state index contributed by atoms with van der Waals surface area (Å²) in [5, 5.41) is 3.04. The molecule has 15 heavy (non-hydrogen) atoms. The van der Waals surface area contributed by atoms with E-state index >= 15 is 0 Å². The van der Waals surface area contributed by atoms with E-state index in [1.165, 1.54) is 0 Å². The fourth-order valence-corrected chi connectivity index (χ4v) is 1.45. The van der Waals surface area contributed by atoms with Crippen molar-refractivity contribution in [1.82, 2.24) is 14.8 Å². The van der Waals surface area contributed by atoms with Crippen LogP contribution in [-0.4, -0.2) is 14.8 Å². The molecule has 1 N–H and O–H groups in total. The molecule has 78 valence electrons. The Hall–Kier alpha value is -1.84. The van der Waals surface area contributed by atoms with Gasteiger partial charge in [0, 0.05) is 18.3 Å². The van der Waals surface area contributed by atoms with Crippen molar-refractivity contribution in [3.05, 3.63) is 40.8 Å². The normalized spacial score (nSPS) is 10.9. The molecule has 0 saturated heterocycles. The van der Waals surface area contributed by atoms with Crippen molar-refractivity contribution in [3.63, 3.8) is 0 Å². The van der Waals surface area contributed by atoms with Crippen molar-refractivity contribution >= 4 is 0 Å². The molecule has 0 unspecified atom stereocenters. The largest absolute Gasteiger partial charge is 0.293 e. The van der Waals surface area contributed by atoms with Gasteiger partial charge < -0.3 is 0 Å². The Bertz CT molecular complexity index is 496. The average Bonchev–Trinajstić information content (AvgIpc) is 2.62. The molecule has 0 aromatic carbocycles. The Kier molecular flexibility index (Phi) is 2.41. The van der Waals surface area contributed by atoms with Gasteiger partial charge in [-0.1, -0.05) is 6.07 Å². The molecule has 0 spiro atoms. The van der Waals surface area contributed by atoms with Crippen LogP contribution in [0.2, 0.25) is 0 Å². The second kappa shape index (κ2) is 3.73. The molecule has 0 radical (unpaired) electrons. The molecular formula is C11H13N3O. The molecule has 2 aromatic rings. The number of rotatable bonds is 2. The van der Waals surface area contributed by atoms with E-state index in [1.807, 2.05) is 32.0 Å². The van der Waals surface area contributed by atoms with Gasteiger partial charge in [-0.05, 0) is 26.0 Å². The zero-order valence-electron chi connectivity index (χ0n) is 8.77. The van der Waals surface area contributed by atoms with Gasteiger partial charge in [0.25, 0.3) is 5.56 Å². The van der Waals surface area contributed by atoms with Crippen LogP contribution in [0, 0.1) is 0 Å². The molecule has 2 heterocycles. The summed E-state index contributed by atoms with van der Waals surface area (Å²) in [4.78, 5) is 15.7. The lowest BCUT2D eigenvalue weighted by Crippen LogP contribution is -2.17. The zero-order valence-corrected chi connectivity index (χ0v) is 8.77. The van der Waals surface area contributed by atoms with Crippen molar-refractivity contribution in [2.45, 2.75) is 19.9 Å². The standard InChI is InChI=1S/C11H13N3O/c1-8(2)14-11(15)7-10(13-14)9-5-3-4-6-12-9/h3-8,13H,1-2H3. The summed E-state index contributed by atoms with van der Waals surface area (Å²) in [6.45, 7) is 3.92. The summed E-state index contributed by atoms with van der Waals surface area (Å²) >= 11 is 0. The van der Waals surface area contributed by atoms with Gasteiger partial charge in [-0.3, -0.25) is 19.6 Å². The van der Waals surface area contributed by atoms with Gasteiger partial charge in [0.15, 0.2) is 0 Å². The van der Waals surface area contributed by atoms with Crippen LogP contribution in [0.25, 0.3) is 11.4 Å². The lowest BCUT2D eigenvalue weighted by Gasteiger charge is -2.04. The molecule has 0 saturated carbocycles. The van der Waals surface area contributed by atoms with Crippen LogP contribution >= 0.6 is 0 Å². The number of aromatic nitrogens is 3. The maximum Gasteiger partial charge on any atom is 0.267 e. The summed E-state index contributed by atoms with van der Waals surface area (Å²) in [7, 11) is 0. The smallest absolute Gasteiger partial charge is 0.267 e. The number of hydrogen-bond acceptors (Lipinski definition) is 2. The monoisotopic (exact) mass is 203 g/mol. The van der Waals surface area contributed by atoms with E-state index < -0.39 is 0 Å². The lowest BCUT2D eigenvalue weighted by atomic mass is 10.3. The summed E-state index contributed by atoms with van der Waals surface area (Å²) in [5.74, 6) is 0. The predicted molar refractivity (Wildman–Crippen MR) is 58.7 cm³/mol. The third-order valence-corrected chi connectivity index (χ3v) is 2.20. The predicted octanol–water partition coefficient (Wildman–Crippen LogP) is 1.82. The van der Waals surface area contributed by atoms with Crippen LogP contribution in [0.3, 0.4) is 0 Å². The highest BCUT2D eigenvalue weighted by Crippen LogP contribution is 2.12. The molecule has 0 aliphatic rings. The van der Waals surface area contributed by atoms with Gasteiger partial charge in [0.1, 0.15) is 0 Å². The van der Waals surface area contributed by atoms with E-state index in [0.717, 1.165) is 11.4 Å². The molecule has 0 amide bonds. The van der Waals surface area contributed by atoms with E-state index in [9.17, 15) is 4.79 Å². The molecule has 0 atom stereocenters. The van der Waals surface area contributed by atoms with Gasteiger partial charge in [0.05, 0.1) is 11.4 Å². The Morgan fingerprint density at radius 3 is 2.73 bits per heavy atom. The minimum absolute atomic E-state index is 0.0225. The molecular weight excluding hydrogens is 190 g/mol. The number of H-pyrrole nitrogens is 1. The molecule has 0 fully saturated rings. The van der Waals surface area contributed by atoms with Crippen LogP contribution in [0.5, 0.6) is 0 Å². The summed E-state index contributed by atoms with van der Waals surface area (Å²) in [6, 6.07) is 7.32. The van der Waals surface area contributed by atoms with E-state index in [1.54, 1.807) is 16.9 Å². The Balaban J connectivity index is 2.48. The average molecular weight is 203 g/mol. The van der Waals surface area contributed by atoms with Crippen LogP contribution in [0.15, 0.2) is 35.3 Å². The quantitative estimate of drug-likeness (QED) is 0.809. The number of pyridine rings is 1. The van der Waals surface area contributed by atoms with Gasteiger partial charge >= 0.3 is 0 Å². The van der Waals surface area contributed by atoms with Gasteiger partial charge in [-0.15, -0.1) is 0 Å². The van der Waals surface area contributed by atoms with Crippen molar-refractivity contribution < 1.29 is 0 Å². The first-order chi connectivity index (χ1) is 7.18. The van der Waals surface area contributed by atoms with Gasteiger partial charge in [0.2, 0.25) is 0 Å². The number of aromatic amines is 1. The number of hydrogen-bond donors (Lipinski definition) is 1. The summed E-state index contributed by atoms with van der Waals surface area (Å²) in [6.07, 6.45) is 1.71. The lowest BCUT2D eigenvalue weighted by molar-refractivity contribution is 0.518. The summed E-state index contributed by atoms with van der Waals surface area (Å²) in [5.41, 5.74) is 1.52. The maximum absolute atomic E-state index is 11.6. The molecule has 0 bridgehead atoms. The van der Waals surface area contributed by atoms with Crippen molar-refractivity contribution in [1.29, 1.82) is 0 Å². The first-order valence-corrected chi connectivity index (χ1v) is 4.91. The molecule has 4 nitrogen and oxygen atoms in total. The van der Waals surface area contributed by atoms with E-state index in [-0.39, 0.29) is 11.6 Å². The van der Waals surface area contributed by atoms with Crippen LogP contribution < -0.4 is 5.56 Å². The third-order valence-electron chi connectivity index (χ3n) is 2.20. The fourth-order valence-electron chi connectivity index (χ4n) is 1.45. The van der Waals surface area contributed by atoms with E-state index in [4.69, 9.17) is 0 Å². The topological polar surface area (TPSA) is 50.7 Å². The third kappa shape index (κ3) is 1.83. The second-order valence-corrected chi connectivity index (χ2v) is 3.69. The maximum atomic E-state index is 11.6. The Morgan fingerprint density at radius 1 is 1.40 bits per heavy atom. The Morgan fingerprint density at radius 2 is 2.20 bits per heavy atom. The number of nitrogens with one attached hydrogen (secondary N) is 1. The highest BCUT2D eigenvalue weighted by molar-refractivity contribution is 5.52. The Labute approximate surface area is 87.6 Å². The molecule has 2 aromatic heterocycles. The second-order valence-electron chi connectivity index (χ2n) is 3.69. The number of nitrogens with zero attached hydrogens (tertiary/aromatic N) is 2. The fraction of sp³-hybridized carbons (Fsp3) is 0.273. The van der Waals surface area contributed by atoms with Crippen molar-refractivity contribution in [2.24, 2.45) is 0 Å². The summed E-state index contributed by atoms with van der Waals surface area (Å²) < 4.78 is 1.59. The van der Waals surface area contributed by atoms with Crippen molar-refractivity contribution in [3.8, 4) is 11.4 Å². The highest BCUT2D eigenvalue weighted by atomic mass is 16.1. The minimum atomic E-state index is -0.0225. The van der Waals surface area contributed by atoms with Crippen LogP contribution in [0.1, 0.15) is 19.9 Å². The molecule has 0 aliphatic heterocycles. The van der Waals surface area contributed by atoms with Crippen molar-refractivity contribution in [2.75, 3.05) is 0 Å². The minimum Gasteiger partial charge on any atom is -0.293 e. The van der Waals surface area contributed by atoms with E-state index in [0.29, 0.717) is 0 Å². The SMILES string of the molecule is CC(C)n1[nH]c(-c2ccccn2)cc1=O. The van der Waals surface area contributed by atoms with Crippen LogP contribution in [-0.2, 0) is 0 Å². The highest BCUT2D eigenvalue weighted by Gasteiger charge is 2.07. The molecule has 4 heteroatoms.